The predicted octanol–water partition coefficient (Wildman–Crippen LogP) is 7.39. The molecule has 366 valence electrons. The Morgan fingerprint density at radius 2 is 0.623 bits per heavy atom. The molecule has 3 saturated carbocycles. The van der Waals surface area contributed by atoms with Gasteiger partial charge in [-0.05, 0) is 16.7 Å². The molecule has 0 N–H and O–H groups in total. The summed E-state index contributed by atoms with van der Waals surface area (Å²) in [6, 6.07) is 25.3. The summed E-state index contributed by atoms with van der Waals surface area (Å²) in [5.74, 6) is -10.1. The Hall–Kier alpha value is -5.70. The van der Waals surface area contributed by atoms with Crippen molar-refractivity contribution in [2.24, 2.45) is 0 Å². The average molecular weight is 1030 g/mol. The molecule has 3 aromatic heterocycles. The van der Waals surface area contributed by atoms with Gasteiger partial charge < -0.3 is 0 Å². The van der Waals surface area contributed by atoms with Gasteiger partial charge >= 0.3 is 0 Å². The van der Waals surface area contributed by atoms with Gasteiger partial charge in [0.05, 0.1) is 18.1 Å². The molecule has 6 heterocycles. The first-order valence-electron chi connectivity index (χ1n) is 21.2. The van der Waals surface area contributed by atoms with Crippen molar-refractivity contribution in [3.63, 3.8) is 0 Å². The number of rotatable bonds is 9. The minimum atomic E-state index is -4.34. The van der Waals surface area contributed by atoms with Crippen molar-refractivity contribution >= 4 is 29.5 Å². The maximum atomic E-state index is 14.2. The lowest BCUT2D eigenvalue weighted by Gasteiger charge is -2.11. The Balaban J connectivity index is 0.000000120. The third-order valence-electron chi connectivity index (χ3n) is 12.7. The summed E-state index contributed by atoms with van der Waals surface area (Å²) in [6.45, 7) is 0. The molecular formula is C42H36F9N9O6S3. The molecular weight excluding hydrogens is 994 g/mol. The molecule has 3 aromatic carbocycles. The molecule has 0 spiro atoms. The van der Waals surface area contributed by atoms with E-state index in [1.54, 1.807) is 91.0 Å². The third-order valence-corrected chi connectivity index (χ3v) is 18.5. The van der Waals surface area contributed by atoms with Gasteiger partial charge in [-0.15, -0.1) is 15.3 Å². The summed E-state index contributed by atoms with van der Waals surface area (Å²) in [4.78, 5) is 11.1. The minimum absolute atomic E-state index is 0.0965. The zero-order valence-corrected chi connectivity index (χ0v) is 37.6. The normalized spacial score (nSPS) is 28.6. The van der Waals surface area contributed by atoms with E-state index >= 15 is 0 Å². The van der Waals surface area contributed by atoms with Gasteiger partial charge in [0.1, 0.15) is 15.7 Å². The Labute approximate surface area is 386 Å². The molecule has 12 rings (SSSR count). The number of aromatic nitrogens is 9. The summed E-state index contributed by atoms with van der Waals surface area (Å²) < 4.78 is 197. The van der Waals surface area contributed by atoms with Crippen LogP contribution in [0.3, 0.4) is 0 Å². The van der Waals surface area contributed by atoms with Crippen LogP contribution in [0.1, 0.15) is 109 Å². The first-order chi connectivity index (χ1) is 32.4. The zero-order valence-electron chi connectivity index (χ0n) is 35.2. The van der Waals surface area contributed by atoms with Crippen LogP contribution < -0.4 is 0 Å². The number of alkyl halides is 9. The largest absolute Gasteiger partial charge is 0.267 e. The van der Waals surface area contributed by atoms with Crippen LogP contribution in [0.2, 0.25) is 0 Å². The van der Waals surface area contributed by atoms with Crippen LogP contribution in [0.4, 0.5) is 39.5 Å². The summed E-state index contributed by atoms with van der Waals surface area (Å²) in [7, 11) is -13.0. The second-order valence-corrected chi connectivity index (χ2v) is 23.5. The Kier molecular flexibility index (Phi) is 11.0. The lowest BCUT2D eigenvalue weighted by Crippen LogP contribution is -2.17. The predicted molar refractivity (Wildman–Crippen MR) is 221 cm³/mol. The van der Waals surface area contributed by atoms with Crippen LogP contribution in [-0.2, 0) is 29.5 Å². The van der Waals surface area contributed by atoms with Crippen molar-refractivity contribution in [1.29, 1.82) is 0 Å². The third kappa shape index (κ3) is 8.29. The van der Waals surface area contributed by atoms with E-state index in [0.717, 1.165) is 16.7 Å². The van der Waals surface area contributed by atoms with Gasteiger partial charge in [0.2, 0.25) is 29.5 Å². The van der Waals surface area contributed by atoms with E-state index in [2.05, 4.69) is 30.2 Å². The Morgan fingerprint density at radius 3 is 0.826 bits per heavy atom. The highest BCUT2D eigenvalue weighted by molar-refractivity contribution is 7.92. The first-order valence-corrected chi connectivity index (χ1v) is 25.9. The van der Waals surface area contributed by atoms with Gasteiger partial charge in [-0.3, -0.25) is 0 Å². The van der Waals surface area contributed by atoms with Gasteiger partial charge in [0.25, 0.3) is 33.2 Å². The minimum Gasteiger partial charge on any atom is -0.239 e. The van der Waals surface area contributed by atoms with Crippen LogP contribution in [0.25, 0.3) is 0 Å². The summed E-state index contributed by atoms with van der Waals surface area (Å²) in [5, 5.41) is 4.00. The maximum Gasteiger partial charge on any atom is 0.267 e. The van der Waals surface area contributed by atoms with Gasteiger partial charge in [-0.2, -0.15) is 15.0 Å². The standard InChI is InChI=1S/3C14H12F3N3O2S/c3*15-9-6-10(8-4-2-1-3-5-8)20-12(9)18-13(19-20)23(21,22)11-7-14(11,16)17/h3*1-5,9-11H,6-7H2/t9-,10-,11?;9-,10-,11+;9-,10-,11-/m000/s1. The molecule has 1 unspecified atom stereocenters. The van der Waals surface area contributed by atoms with Gasteiger partial charge in [-0.25, -0.2) is 78.8 Å². The van der Waals surface area contributed by atoms with Gasteiger partial charge in [0, 0.05) is 38.5 Å². The molecule has 69 heavy (non-hydrogen) atoms. The average Bonchev–Trinajstić information content (AvgIpc) is 3.87. The zero-order chi connectivity index (χ0) is 49.2. The van der Waals surface area contributed by atoms with Crippen molar-refractivity contribution < 1.29 is 64.8 Å². The van der Waals surface area contributed by atoms with Crippen LogP contribution in [0.15, 0.2) is 106 Å². The Bertz CT molecular complexity index is 2950. The van der Waals surface area contributed by atoms with E-state index in [9.17, 15) is 64.8 Å². The van der Waals surface area contributed by atoms with Crippen molar-refractivity contribution in [2.45, 2.75) is 124 Å². The fourth-order valence-corrected chi connectivity index (χ4v) is 13.4. The number of fused-ring (bicyclic) bond motifs is 3. The number of hydrogen-bond donors (Lipinski definition) is 0. The fourth-order valence-electron chi connectivity index (χ4n) is 8.65. The molecule has 3 aliphatic carbocycles. The van der Waals surface area contributed by atoms with E-state index in [4.69, 9.17) is 0 Å². The molecule has 0 amide bonds. The summed E-state index contributed by atoms with van der Waals surface area (Å²) in [5.41, 5.74) is 2.29. The number of nitrogens with zero attached hydrogens (tertiary/aromatic N) is 9. The second-order valence-electron chi connectivity index (χ2n) is 17.5. The van der Waals surface area contributed by atoms with E-state index < -0.39 is 134 Å². The molecule has 6 aromatic rings. The van der Waals surface area contributed by atoms with Crippen molar-refractivity contribution in [2.75, 3.05) is 0 Å². The smallest absolute Gasteiger partial charge is 0.239 e. The quantitative estimate of drug-likeness (QED) is 0.131. The number of halogens is 9. The van der Waals surface area contributed by atoms with E-state index in [0.29, 0.717) is 0 Å². The fraction of sp³-hybridized carbons (Fsp3) is 0.429. The molecule has 0 radical (unpaired) electrons. The number of hydrogen-bond acceptors (Lipinski definition) is 12. The summed E-state index contributed by atoms with van der Waals surface area (Å²) in [6.07, 6.45) is -6.34. The van der Waals surface area contributed by atoms with Crippen molar-refractivity contribution in [3.05, 3.63) is 125 Å². The van der Waals surface area contributed by atoms with Crippen LogP contribution >= 0.6 is 0 Å². The van der Waals surface area contributed by atoms with E-state index in [1.807, 2.05) is 0 Å². The topological polar surface area (TPSA) is 195 Å². The number of benzene rings is 3. The van der Waals surface area contributed by atoms with Crippen LogP contribution in [0, 0.1) is 0 Å². The van der Waals surface area contributed by atoms with E-state index in [1.165, 1.54) is 14.0 Å². The van der Waals surface area contributed by atoms with E-state index in [-0.39, 0.29) is 36.7 Å². The first kappa shape index (κ1) is 47.0. The highest BCUT2D eigenvalue weighted by Gasteiger charge is 2.67. The lowest BCUT2D eigenvalue weighted by molar-refractivity contribution is 0.120. The SMILES string of the molecule is O=S(=O)(c1nc2n(n1)[C@H](c1ccccc1)C[C@@H]2F)C1CC1(F)F.O=S(=O)(c1nc2n(n1)[C@H](c1ccccc1)C[C@@H]2F)[C@@H]1CC1(F)F.O=S(=O)(c1nc2n(n1)[C@H](c1ccccc1)C[C@@H]2F)[C@H]1CC1(F)F. The second kappa shape index (κ2) is 16.2. The molecule has 3 fully saturated rings. The highest BCUT2D eigenvalue weighted by Crippen LogP contribution is 2.52. The van der Waals surface area contributed by atoms with Gasteiger partial charge in [0.15, 0.2) is 36.0 Å². The Morgan fingerprint density at radius 1 is 0.406 bits per heavy atom. The highest BCUT2D eigenvalue weighted by atomic mass is 32.2. The molecule has 3 aliphatic heterocycles. The summed E-state index contributed by atoms with van der Waals surface area (Å²) >= 11 is 0. The monoisotopic (exact) mass is 1030 g/mol. The maximum absolute atomic E-state index is 14.2. The number of sulfone groups is 3. The van der Waals surface area contributed by atoms with Crippen LogP contribution in [-0.4, -0.2) is 103 Å². The van der Waals surface area contributed by atoms with Crippen molar-refractivity contribution in [3.8, 4) is 0 Å². The van der Waals surface area contributed by atoms with Crippen molar-refractivity contribution in [1.82, 2.24) is 44.3 Å². The van der Waals surface area contributed by atoms with Gasteiger partial charge in [-0.1, -0.05) is 91.0 Å². The molecule has 9 atom stereocenters. The molecule has 15 nitrogen and oxygen atoms in total. The molecule has 0 saturated heterocycles. The molecule has 6 aliphatic rings. The molecule has 0 bridgehead atoms. The van der Waals surface area contributed by atoms with Crippen LogP contribution in [0.5, 0.6) is 0 Å². The lowest BCUT2D eigenvalue weighted by atomic mass is 10.0. The molecule has 27 heteroatoms.